The van der Waals surface area contributed by atoms with E-state index < -0.39 is 0 Å². The minimum Gasteiger partial charge on any atom is -0.496 e. The molecule has 2 aromatic rings. The van der Waals surface area contributed by atoms with Crippen LogP contribution in [0.3, 0.4) is 0 Å². The number of ether oxygens (including phenoxy) is 1. The zero-order valence-electron chi connectivity index (χ0n) is 16.9. The van der Waals surface area contributed by atoms with Gasteiger partial charge in [0.25, 0.3) is 0 Å². The first-order chi connectivity index (χ1) is 12.8. The number of benzene rings is 2. The molecule has 0 aliphatic carbocycles. The van der Waals surface area contributed by atoms with Crippen molar-refractivity contribution in [3.05, 3.63) is 58.1 Å². The van der Waals surface area contributed by atoms with E-state index in [4.69, 9.17) is 16.3 Å². The lowest BCUT2D eigenvalue weighted by Crippen LogP contribution is -2.44. The van der Waals surface area contributed by atoms with Crippen molar-refractivity contribution < 1.29 is 4.74 Å². The number of allylic oxidation sites excluding steroid dienone is 1. The SMILES string of the molecule is CCN1c2cc(OC)c(C=Nc3cccc(Cl)c3C)cc2C(C)=CC1(C)C. The number of hydrogen-bond donors (Lipinski definition) is 0. The highest BCUT2D eigenvalue weighted by Gasteiger charge is 2.31. The summed E-state index contributed by atoms with van der Waals surface area (Å²) in [5.41, 5.74) is 6.48. The molecule has 0 unspecified atom stereocenters. The summed E-state index contributed by atoms with van der Waals surface area (Å²) in [6, 6.07) is 10.1. The van der Waals surface area contributed by atoms with Crippen LogP contribution in [0.2, 0.25) is 5.02 Å². The first-order valence-corrected chi connectivity index (χ1v) is 9.65. The van der Waals surface area contributed by atoms with E-state index in [9.17, 15) is 0 Å². The zero-order chi connectivity index (χ0) is 19.8. The van der Waals surface area contributed by atoms with Crippen LogP contribution >= 0.6 is 11.6 Å². The van der Waals surface area contributed by atoms with Crippen molar-refractivity contribution in [1.82, 2.24) is 0 Å². The van der Waals surface area contributed by atoms with Crippen molar-refractivity contribution in [2.24, 2.45) is 4.99 Å². The van der Waals surface area contributed by atoms with Crippen LogP contribution in [-0.2, 0) is 0 Å². The molecule has 0 fully saturated rings. The van der Waals surface area contributed by atoms with Crippen LogP contribution in [0.15, 0.2) is 41.4 Å². The molecule has 0 bridgehead atoms. The van der Waals surface area contributed by atoms with Gasteiger partial charge < -0.3 is 9.64 Å². The average molecular weight is 383 g/mol. The quantitative estimate of drug-likeness (QED) is 0.569. The third-order valence-corrected chi connectivity index (χ3v) is 5.64. The lowest BCUT2D eigenvalue weighted by molar-refractivity contribution is 0.413. The van der Waals surface area contributed by atoms with Gasteiger partial charge in [-0.3, -0.25) is 4.99 Å². The molecule has 4 heteroatoms. The fourth-order valence-corrected chi connectivity index (χ4v) is 4.02. The maximum atomic E-state index is 6.22. The maximum Gasteiger partial charge on any atom is 0.129 e. The molecular formula is C23H27ClN2O. The second-order valence-corrected chi connectivity index (χ2v) is 7.89. The first-order valence-electron chi connectivity index (χ1n) is 9.27. The van der Waals surface area contributed by atoms with E-state index in [1.807, 2.05) is 31.3 Å². The van der Waals surface area contributed by atoms with Crippen LogP contribution in [0, 0.1) is 6.92 Å². The number of likely N-dealkylation sites (N-methyl/N-ethyl adjacent to an activating group) is 1. The molecule has 27 heavy (non-hydrogen) atoms. The Bertz CT molecular complexity index is 928. The highest BCUT2D eigenvalue weighted by molar-refractivity contribution is 6.31. The van der Waals surface area contributed by atoms with Crippen LogP contribution in [0.5, 0.6) is 5.75 Å². The second-order valence-electron chi connectivity index (χ2n) is 7.48. The predicted octanol–water partition coefficient (Wildman–Crippen LogP) is 6.43. The Morgan fingerprint density at radius 1 is 1.22 bits per heavy atom. The minimum absolute atomic E-state index is 0.0235. The highest BCUT2D eigenvalue weighted by atomic mass is 35.5. The van der Waals surface area contributed by atoms with Crippen LogP contribution < -0.4 is 9.64 Å². The summed E-state index contributed by atoms with van der Waals surface area (Å²) in [5, 5.41) is 0.724. The summed E-state index contributed by atoms with van der Waals surface area (Å²) in [7, 11) is 1.71. The van der Waals surface area contributed by atoms with Gasteiger partial charge in [-0.05, 0) is 64.0 Å². The summed E-state index contributed by atoms with van der Waals surface area (Å²) < 4.78 is 5.69. The van der Waals surface area contributed by atoms with E-state index in [0.717, 1.165) is 34.1 Å². The summed E-state index contributed by atoms with van der Waals surface area (Å²) in [6.07, 6.45) is 4.19. The van der Waals surface area contributed by atoms with Gasteiger partial charge in [0.05, 0.1) is 18.3 Å². The Kier molecular flexibility index (Phi) is 5.34. The number of methoxy groups -OCH3 is 1. The Morgan fingerprint density at radius 2 is 1.96 bits per heavy atom. The normalized spacial score (nSPS) is 15.7. The van der Waals surface area contributed by atoms with E-state index in [2.05, 4.69) is 55.8 Å². The Morgan fingerprint density at radius 3 is 2.63 bits per heavy atom. The third kappa shape index (κ3) is 3.61. The zero-order valence-corrected chi connectivity index (χ0v) is 17.7. The Hall–Kier alpha value is -2.26. The average Bonchev–Trinajstić information content (AvgIpc) is 2.62. The summed E-state index contributed by atoms with van der Waals surface area (Å²) in [5.74, 6) is 0.820. The fraction of sp³-hybridized carbons (Fsp3) is 0.348. The molecule has 1 aliphatic heterocycles. The minimum atomic E-state index is -0.0235. The fourth-order valence-electron chi connectivity index (χ4n) is 3.85. The summed E-state index contributed by atoms with van der Waals surface area (Å²) in [4.78, 5) is 7.07. The topological polar surface area (TPSA) is 24.8 Å². The van der Waals surface area contributed by atoms with Crippen molar-refractivity contribution >= 4 is 34.8 Å². The molecule has 0 saturated carbocycles. The number of rotatable bonds is 4. The smallest absolute Gasteiger partial charge is 0.129 e. The predicted molar refractivity (Wildman–Crippen MR) is 117 cm³/mol. The lowest BCUT2D eigenvalue weighted by Gasteiger charge is -2.43. The van der Waals surface area contributed by atoms with E-state index in [-0.39, 0.29) is 5.54 Å². The molecule has 1 heterocycles. The number of anilines is 1. The van der Waals surface area contributed by atoms with Gasteiger partial charge >= 0.3 is 0 Å². The molecule has 3 nitrogen and oxygen atoms in total. The molecule has 0 radical (unpaired) electrons. The molecule has 3 rings (SSSR count). The number of halogens is 1. The maximum absolute atomic E-state index is 6.22. The highest BCUT2D eigenvalue weighted by Crippen LogP contribution is 2.41. The van der Waals surface area contributed by atoms with Gasteiger partial charge in [-0.1, -0.05) is 23.7 Å². The van der Waals surface area contributed by atoms with E-state index in [1.54, 1.807) is 7.11 Å². The van der Waals surface area contributed by atoms with Crippen molar-refractivity contribution in [2.45, 2.75) is 40.2 Å². The summed E-state index contributed by atoms with van der Waals surface area (Å²) in [6.45, 7) is 11.8. The van der Waals surface area contributed by atoms with Gasteiger partial charge in [-0.15, -0.1) is 0 Å². The van der Waals surface area contributed by atoms with E-state index in [0.29, 0.717) is 0 Å². The van der Waals surface area contributed by atoms with Gasteiger partial charge in [0.2, 0.25) is 0 Å². The third-order valence-electron chi connectivity index (χ3n) is 5.23. The largest absolute Gasteiger partial charge is 0.496 e. The Labute approximate surface area is 167 Å². The molecule has 0 atom stereocenters. The van der Waals surface area contributed by atoms with Crippen molar-refractivity contribution in [1.29, 1.82) is 0 Å². The molecule has 0 amide bonds. The van der Waals surface area contributed by atoms with Crippen LogP contribution in [-0.4, -0.2) is 25.4 Å². The monoisotopic (exact) mass is 382 g/mol. The summed E-state index contributed by atoms with van der Waals surface area (Å²) >= 11 is 6.22. The van der Waals surface area contributed by atoms with E-state index in [1.165, 1.54) is 16.8 Å². The first kappa shape index (κ1) is 19.5. The van der Waals surface area contributed by atoms with Gasteiger partial charge in [0.15, 0.2) is 0 Å². The van der Waals surface area contributed by atoms with E-state index >= 15 is 0 Å². The van der Waals surface area contributed by atoms with Crippen molar-refractivity contribution in [2.75, 3.05) is 18.6 Å². The molecule has 1 aliphatic rings. The number of fused-ring (bicyclic) bond motifs is 1. The van der Waals surface area contributed by atoms with Gasteiger partial charge in [-0.25, -0.2) is 0 Å². The molecule has 0 N–H and O–H groups in total. The second kappa shape index (κ2) is 7.40. The number of hydrogen-bond acceptors (Lipinski definition) is 3. The number of aliphatic imine (C=N–C) groups is 1. The Balaban J connectivity index is 2.10. The van der Waals surface area contributed by atoms with Gasteiger partial charge in [-0.2, -0.15) is 0 Å². The molecule has 142 valence electrons. The lowest BCUT2D eigenvalue weighted by atomic mass is 9.88. The standard InChI is InChI=1S/C23H27ClN2O/c1-7-26-21-12-22(27-6)17(11-18(21)15(2)13-23(26,4)5)14-25-20-10-8-9-19(24)16(20)3/h8-14H,7H2,1-6H3. The number of nitrogens with zero attached hydrogens (tertiary/aromatic N) is 2. The van der Waals surface area contributed by atoms with Crippen LogP contribution in [0.25, 0.3) is 5.57 Å². The van der Waals surface area contributed by atoms with Crippen LogP contribution in [0.4, 0.5) is 11.4 Å². The molecule has 2 aromatic carbocycles. The van der Waals surface area contributed by atoms with Crippen molar-refractivity contribution in [3.8, 4) is 5.75 Å². The molecule has 0 spiro atoms. The van der Waals surface area contributed by atoms with Crippen molar-refractivity contribution in [3.63, 3.8) is 0 Å². The van der Waals surface area contributed by atoms with Crippen LogP contribution in [0.1, 0.15) is 44.4 Å². The molecule has 0 saturated heterocycles. The molecular weight excluding hydrogens is 356 g/mol. The van der Waals surface area contributed by atoms with Gasteiger partial charge in [0.1, 0.15) is 5.75 Å². The molecule has 0 aromatic heterocycles. The van der Waals surface area contributed by atoms with Gasteiger partial charge in [0, 0.05) is 40.7 Å².